The van der Waals surface area contributed by atoms with Crippen molar-refractivity contribution >= 4 is 11.9 Å². The number of benzene rings is 1. The minimum atomic E-state index is -0.749. The number of nitrogens with one attached hydrogen (secondary N) is 1. The first kappa shape index (κ1) is 16.8. The molecule has 24 heavy (non-hydrogen) atoms. The highest BCUT2D eigenvalue weighted by Gasteiger charge is 2.52. The molecule has 2 aliphatic rings. The molecule has 130 valence electrons. The molecule has 0 unspecified atom stereocenters. The molecule has 0 aromatic heterocycles. The fraction of sp³-hybridized carbons (Fsp3) is 0.579. The first-order valence-electron chi connectivity index (χ1n) is 8.84. The van der Waals surface area contributed by atoms with Crippen LogP contribution >= 0.6 is 0 Å². The molecule has 1 aromatic rings. The van der Waals surface area contributed by atoms with Gasteiger partial charge in [0.25, 0.3) is 5.91 Å². The first-order chi connectivity index (χ1) is 11.5. The maximum atomic E-state index is 12.8. The third-order valence-corrected chi connectivity index (χ3v) is 5.33. The van der Waals surface area contributed by atoms with Crippen LogP contribution in [0.3, 0.4) is 0 Å². The van der Waals surface area contributed by atoms with Gasteiger partial charge in [0.05, 0.1) is 6.54 Å². The van der Waals surface area contributed by atoms with E-state index in [0.717, 1.165) is 31.4 Å². The average Bonchev–Trinajstić information content (AvgIpc) is 2.81. The molecule has 0 radical (unpaired) electrons. The van der Waals surface area contributed by atoms with E-state index in [1.54, 1.807) is 0 Å². The summed E-state index contributed by atoms with van der Waals surface area (Å²) in [7, 11) is 0. The van der Waals surface area contributed by atoms with Gasteiger partial charge in [-0.15, -0.1) is 0 Å². The summed E-state index contributed by atoms with van der Waals surface area (Å²) < 4.78 is 5.66. The van der Waals surface area contributed by atoms with E-state index < -0.39 is 5.54 Å². The molecule has 0 spiro atoms. The van der Waals surface area contributed by atoms with E-state index in [2.05, 4.69) is 5.32 Å². The van der Waals surface area contributed by atoms with Crippen molar-refractivity contribution in [1.82, 2.24) is 10.2 Å². The Morgan fingerprint density at radius 1 is 1.17 bits per heavy atom. The molecule has 3 amide bonds. The van der Waals surface area contributed by atoms with Crippen LogP contribution in [0.4, 0.5) is 4.79 Å². The molecule has 1 saturated heterocycles. The summed E-state index contributed by atoms with van der Waals surface area (Å²) in [6.45, 7) is 4.48. The quantitative estimate of drug-likeness (QED) is 0.843. The van der Waals surface area contributed by atoms with Gasteiger partial charge in [-0.1, -0.05) is 37.0 Å². The van der Waals surface area contributed by atoms with Gasteiger partial charge in [0, 0.05) is 0 Å². The molecule has 1 aliphatic heterocycles. The Kier molecular flexibility index (Phi) is 4.78. The molecule has 1 aromatic carbocycles. The maximum absolute atomic E-state index is 12.8. The largest absolute Gasteiger partial charge is 0.492 e. The number of ether oxygens (including phenoxy) is 1. The van der Waals surface area contributed by atoms with Gasteiger partial charge in [-0.3, -0.25) is 9.69 Å². The predicted octanol–water partition coefficient (Wildman–Crippen LogP) is 3.26. The minimum Gasteiger partial charge on any atom is -0.492 e. The third kappa shape index (κ3) is 3.25. The number of carbonyl (C=O) groups excluding carboxylic acids is 2. The molecule has 1 saturated carbocycles. The van der Waals surface area contributed by atoms with Crippen LogP contribution in [-0.4, -0.2) is 35.5 Å². The lowest BCUT2D eigenvalue weighted by molar-refractivity contribution is -0.133. The van der Waals surface area contributed by atoms with Gasteiger partial charge < -0.3 is 10.1 Å². The molecule has 1 aliphatic carbocycles. The number of carbonyl (C=O) groups is 2. The molecule has 1 atom stereocenters. The molecule has 1 N–H and O–H groups in total. The SMILES string of the molecule is Cc1ccc(OCCN2C(=O)N[C@@](C)(C3CCCCC3)C2=O)cc1. The Balaban J connectivity index is 1.58. The van der Waals surface area contributed by atoms with Gasteiger partial charge in [-0.05, 0) is 44.7 Å². The second-order valence-electron chi connectivity index (χ2n) is 7.09. The number of imide groups is 1. The van der Waals surface area contributed by atoms with Crippen LogP contribution in [0.15, 0.2) is 24.3 Å². The number of rotatable bonds is 5. The summed E-state index contributed by atoms with van der Waals surface area (Å²) in [6.07, 6.45) is 5.52. The highest BCUT2D eigenvalue weighted by Crippen LogP contribution is 2.36. The summed E-state index contributed by atoms with van der Waals surface area (Å²) in [6, 6.07) is 7.45. The first-order valence-corrected chi connectivity index (χ1v) is 8.84. The lowest BCUT2D eigenvalue weighted by atomic mass is 9.75. The number of aryl methyl sites for hydroxylation is 1. The van der Waals surface area contributed by atoms with Crippen molar-refractivity contribution in [3.05, 3.63) is 29.8 Å². The van der Waals surface area contributed by atoms with Crippen molar-refractivity contribution in [3.8, 4) is 5.75 Å². The van der Waals surface area contributed by atoms with Gasteiger partial charge in [-0.2, -0.15) is 0 Å². The lowest BCUT2D eigenvalue weighted by Gasteiger charge is -2.34. The zero-order chi connectivity index (χ0) is 17.2. The van der Waals surface area contributed by atoms with Gasteiger partial charge in [-0.25, -0.2) is 4.79 Å². The Morgan fingerprint density at radius 3 is 2.50 bits per heavy atom. The van der Waals surface area contributed by atoms with Crippen molar-refractivity contribution in [2.24, 2.45) is 5.92 Å². The highest BCUT2D eigenvalue weighted by molar-refractivity contribution is 6.07. The van der Waals surface area contributed by atoms with E-state index in [-0.39, 0.29) is 24.4 Å². The van der Waals surface area contributed by atoms with Crippen LogP contribution in [0.25, 0.3) is 0 Å². The summed E-state index contributed by atoms with van der Waals surface area (Å²) >= 11 is 0. The van der Waals surface area contributed by atoms with Gasteiger partial charge in [0.15, 0.2) is 0 Å². The molecule has 0 bridgehead atoms. The van der Waals surface area contributed by atoms with Crippen LogP contribution < -0.4 is 10.1 Å². The van der Waals surface area contributed by atoms with Crippen molar-refractivity contribution in [2.75, 3.05) is 13.2 Å². The molecular formula is C19H26N2O3. The second kappa shape index (κ2) is 6.83. The van der Waals surface area contributed by atoms with Crippen LogP contribution in [-0.2, 0) is 4.79 Å². The van der Waals surface area contributed by atoms with Gasteiger partial charge in [0.1, 0.15) is 17.9 Å². The van der Waals surface area contributed by atoms with Crippen molar-refractivity contribution in [2.45, 2.75) is 51.5 Å². The molecule has 3 rings (SSSR count). The monoisotopic (exact) mass is 330 g/mol. The van der Waals surface area contributed by atoms with Crippen LogP contribution in [0, 0.1) is 12.8 Å². The Bertz CT molecular complexity index is 608. The minimum absolute atomic E-state index is 0.105. The number of nitrogens with zero attached hydrogens (tertiary/aromatic N) is 1. The van der Waals surface area contributed by atoms with Crippen molar-refractivity contribution in [3.63, 3.8) is 0 Å². The maximum Gasteiger partial charge on any atom is 0.325 e. The summed E-state index contributed by atoms with van der Waals surface area (Å²) in [4.78, 5) is 26.4. The normalized spacial score (nSPS) is 25.0. The number of hydrogen-bond donors (Lipinski definition) is 1. The third-order valence-electron chi connectivity index (χ3n) is 5.33. The van der Waals surface area contributed by atoms with E-state index in [4.69, 9.17) is 4.74 Å². The zero-order valence-corrected chi connectivity index (χ0v) is 14.5. The van der Waals surface area contributed by atoms with E-state index in [1.807, 2.05) is 38.1 Å². The van der Waals surface area contributed by atoms with E-state index in [1.165, 1.54) is 16.9 Å². The van der Waals surface area contributed by atoms with E-state index in [0.29, 0.717) is 6.61 Å². The molecule has 2 fully saturated rings. The summed E-state index contributed by atoms with van der Waals surface area (Å²) in [5, 5.41) is 2.94. The van der Waals surface area contributed by atoms with Crippen molar-refractivity contribution in [1.29, 1.82) is 0 Å². The average molecular weight is 330 g/mol. The van der Waals surface area contributed by atoms with Crippen LogP contribution in [0.2, 0.25) is 0 Å². The van der Waals surface area contributed by atoms with Gasteiger partial charge >= 0.3 is 6.03 Å². The molecular weight excluding hydrogens is 304 g/mol. The fourth-order valence-electron chi connectivity index (χ4n) is 3.76. The second-order valence-corrected chi connectivity index (χ2v) is 7.09. The highest BCUT2D eigenvalue weighted by atomic mass is 16.5. The number of urea groups is 1. The fourth-order valence-corrected chi connectivity index (χ4v) is 3.76. The smallest absolute Gasteiger partial charge is 0.325 e. The van der Waals surface area contributed by atoms with Crippen molar-refractivity contribution < 1.29 is 14.3 Å². The standard InChI is InChI=1S/C19H26N2O3/c1-14-8-10-16(11-9-14)24-13-12-21-17(22)19(2,20-18(21)23)15-6-4-3-5-7-15/h8-11,15H,3-7,12-13H2,1-2H3,(H,20,23)/t19-/m0/s1. The summed E-state index contributed by atoms with van der Waals surface area (Å²) in [5.41, 5.74) is 0.418. The Morgan fingerprint density at radius 2 is 1.83 bits per heavy atom. The topological polar surface area (TPSA) is 58.6 Å². The Labute approximate surface area is 143 Å². The van der Waals surface area contributed by atoms with Gasteiger partial charge in [0.2, 0.25) is 0 Å². The van der Waals surface area contributed by atoms with E-state index in [9.17, 15) is 9.59 Å². The molecule has 5 heteroatoms. The van der Waals surface area contributed by atoms with Crippen LogP contribution in [0.5, 0.6) is 5.75 Å². The summed E-state index contributed by atoms with van der Waals surface area (Å²) in [5.74, 6) is 0.889. The molecule has 1 heterocycles. The molecule has 5 nitrogen and oxygen atoms in total. The Hall–Kier alpha value is -2.04. The number of hydrogen-bond acceptors (Lipinski definition) is 3. The zero-order valence-electron chi connectivity index (χ0n) is 14.5. The van der Waals surface area contributed by atoms with Crippen LogP contribution in [0.1, 0.15) is 44.6 Å². The lowest BCUT2D eigenvalue weighted by Crippen LogP contribution is -2.51. The number of amides is 3. The predicted molar refractivity (Wildman–Crippen MR) is 91.9 cm³/mol. The van der Waals surface area contributed by atoms with E-state index >= 15 is 0 Å².